The molecule has 0 unspecified atom stereocenters. The summed E-state index contributed by atoms with van der Waals surface area (Å²) in [6, 6.07) is 0. The number of nitrogens with zero attached hydrogens (tertiary/aromatic N) is 1. The van der Waals surface area contributed by atoms with E-state index in [1.807, 2.05) is 28.7 Å². The molecule has 0 radical (unpaired) electrons. The number of aromatic nitrogens is 1. The minimum atomic E-state index is -6.09. The first-order chi connectivity index (χ1) is 6.14. The van der Waals surface area contributed by atoms with E-state index in [4.69, 9.17) is 13.0 Å². The Morgan fingerprint density at radius 3 is 1.93 bits per heavy atom. The number of rotatable bonds is 0. The van der Waals surface area contributed by atoms with Gasteiger partial charge >= 0.3 is 5.51 Å². The summed E-state index contributed by atoms with van der Waals surface area (Å²) >= 11 is 1.70. The first kappa shape index (κ1) is 13.3. The highest BCUT2D eigenvalue weighted by Gasteiger charge is 2.36. The second-order valence-electron chi connectivity index (χ2n) is 2.09. The van der Waals surface area contributed by atoms with Crippen molar-refractivity contribution < 1.29 is 30.7 Å². The second kappa shape index (κ2) is 4.71. The number of hydrogen-bond acceptors (Lipinski definition) is 4. The first-order valence-electron chi connectivity index (χ1n) is 3.04. The normalized spacial score (nSPS) is 11.8. The highest BCUT2D eigenvalue weighted by molar-refractivity contribution is 7.86. The van der Waals surface area contributed by atoms with E-state index in [9.17, 15) is 13.2 Å². The molecule has 1 aromatic heterocycles. The molecule has 0 fully saturated rings. The quantitative estimate of drug-likeness (QED) is 0.385. The lowest BCUT2D eigenvalue weighted by molar-refractivity contribution is -0.666. The second-order valence-corrected chi connectivity index (χ2v) is 4.22. The molecule has 0 aromatic carbocycles. The van der Waals surface area contributed by atoms with Gasteiger partial charge in [-0.15, -0.1) is 0 Å². The first-order valence-corrected chi connectivity index (χ1v) is 5.39. The van der Waals surface area contributed by atoms with Crippen molar-refractivity contribution in [1.82, 2.24) is 0 Å². The molecule has 0 saturated carbocycles. The molecule has 0 aliphatic rings. The van der Waals surface area contributed by atoms with E-state index in [2.05, 4.69) is 0 Å². The summed E-state index contributed by atoms with van der Waals surface area (Å²) in [6.07, 6.45) is 2.02. The zero-order valence-corrected chi connectivity index (χ0v) is 8.49. The number of alkyl halides is 3. The van der Waals surface area contributed by atoms with Gasteiger partial charge in [0.05, 0.1) is 5.38 Å². The third kappa shape index (κ3) is 5.14. The Hall–Kier alpha value is -0.670. The maximum Gasteiger partial charge on any atom is 0.485 e. The molecule has 9 heteroatoms. The average Bonchev–Trinajstić information content (AvgIpc) is 2.35. The van der Waals surface area contributed by atoms with Gasteiger partial charge in [-0.3, -0.25) is 0 Å². The van der Waals surface area contributed by atoms with Crippen LogP contribution in [0.3, 0.4) is 0 Å². The number of halogens is 3. The molecule has 0 amide bonds. The van der Waals surface area contributed by atoms with Gasteiger partial charge in [-0.1, -0.05) is 11.3 Å². The summed E-state index contributed by atoms with van der Waals surface area (Å²) in [5.41, 5.74) is -3.60. The molecular weight excluding hydrogens is 243 g/mol. The Morgan fingerprint density at radius 2 is 1.86 bits per heavy atom. The molecule has 1 aromatic rings. The molecule has 0 atom stereocenters. The highest BCUT2D eigenvalue weighted by atomic mass is 32.2. The van der Waals surface area contributed by atoms with Crippen molar-refractivity contribution in [3.8, 4) is 0 Å². The van der Waals surface area contributed by atoms with Crippen molar-refractivity contribution in [1.29, 1.82) is 0 Å². The summed E-state index contributed by atoms with van der Waals surface area (Å²) in [7, 11) is -4.08. The predicted octanol–water partition coefficient (Wildman–Crippen LogP) is 0.624. The van der Waals surface area contributed by atoms with E-state index in [0.717, 1.165) is 0 Å². The van der Waals surface area contributed by atoms with Gasteiger partial charge in [0.15, 0.2) is 16.3 Å². The Balaban J connectivity index is 0.000000249. The van der Waals surface area contributed by atoms with Crippen molar-refractivity contribution in [2.75, 3.05) is 0 Å². The van der Waals surface area contributed by atoms with Crippen LogP contribution in [0.1, 0.15) is 0 Å². The Labute approximate surface area is 82.4 Å². The summed E-state index contributed by atoms with van der Waals surface area (Å²) in [6.45, 7) is 0. The Kier molecular flexibility index (Phi) is 4.49. The summed E-state index contributed by atoms with van der Waals surface area (Å²) in [4.78, 5) is 0. The van der Waals surface area contributed by atoms with E-state index in [0.29, 0.717) is 0 Å². The smallest absolute Gasteiger partial charge is 0.485 e. The number of thiazole rings is 1. The lowest BCUT2D eigenvalue weighted by Crippen LogP contribution is -2.21. The van der Waals surface area contributed by atoms with Crippen LogP contribution >= 0.6 is 11.3 Å². The minimum absolute atomic E-state index is 1.70. The summed E-state index contributed by atoms with van der Waals surface area (Å²) in [5, 5.41) is 2.04. The topological polar surface area (TPSA) is 61.1 Å². The van der Waals surface area contributed by atoms with E-state index in [-0.39, 0.29) is 0 Å². The number of hydrogen-bond donors (Lipinski definition) is 0. The van der Waals surface area contributed by atoms with E-state index >= 15 is 0 Å². The molecule has 0 aliphatic heterocycles. The molecular formula is C5H6F3NO3S2. The van der Waals surface area contributed by atoms with Crippen LogP contribution in [0, 0.1) is 0 Å². The van der Waals surface area contributed by atoms with Crippen LogP contribution in [-0.4, -0.2) is 18.5 Å². The SMILES string of the molecule is C[n+]1ccsc1.O=S(=O)([O-])C(F)(F)F. The lowest BCUT2D eigenvalue weighted by Gasteiger charge is -2.08. The average molecular weight is 249 g/mol. The molecule has 0 bridgehead atoms. The van der Waals surface area contributed by atoms with Gasteiger partial charge in [0.2, 0.25) is 5.51 Å². The molecule has 14 heavy (non-hydrogen) atoms. The number of aryl methyl sites for hydroxylation is 1. The third-order valence-corrected chi connectivity index (χ3v) is 2.19. The van der Waals surface area contributed by atoms with Crippen molar-refractivity contribution in [3.05, 3.63) is 17.1 Å². The summed E-state index contributed by atoms with van der Waals surface area (Å²) in [5.74, 6) is 0. The van der Waals surface area contributed by atoms with Crippen molar-refractivity contribution >= 4 is 21.5 Å². The van der Waals surface area contributed by atoms with Crippen LogP contribution in [0.2, 0.25) is 0 Å². The van der Waals surface area contributed by atoms with Crippen LogP contribution in [0.15, 0.2) is 17.1 Å². The van der Waals surface area contributed by atoms with Crippen molar-refractivity contribution in [2.45, 2.75) is 5.51 Å². The van der Waals surface area contributed by atoms with Gasteiger partial charge in [-0.2, -0.15) is 17.7 Å². The fourth-order valence-corrected chi connectivity index (χ4v) is 0.892. The van der Waals surface area contributed by atoms with Gasteiger partial charge < -0.3 is 4.55 Å². The molecule has 1 rings (SSSR count). The van der Waals surface area contributed by atoms with Gasteiger partial charge in [0.1, 0.15) is 7.05 Å². The minimum Gasteiger partial charge on any atom is -0.741 e. The Morgan fingerprint density at radius 1 is 1.43 bits per heavy atom. The van der Waals surface area contributed by atoms with Gasteiger partial charge in [-0.05, 0) is 0 Å². The van der Waals surface area contributed by atoms with E-state index < -0.39 is 15.6 Å². The third-order valence-electron chi connectivity index (χ3n) is 0.885. The predicted molar refractivity (Wildman–Crippen MR) is 41.2 cm³/mol. The molecule has 82 valence electrons. The highest BCUT2D eigenvalue weighted by Crippen LogP contribution is 2.20. The monoisotopic (exact) mass is 249 g/mol. The van der Waals surface area contributed by atoms with Crippen LogP contribution in [0.4, 0.5) is 13.2 Å². The van der Waals surface area contributed by atoms with Crippen molar-refractivity contribution in [2.24, 2.45) is 7.05 Å². The van der Waals surface area contributed by atoms with Gasteiger partial charge in [0.25, 0.3) is 0 Å². The molecule has 0 aliphatic carbocycles. The molecule has 0 saturated heterocycles. The zero-order valence-electron chi connectivity index (χ0n) is 6.85. The molecule has 0 spiro atoms. The van der Waals surface area contributed by atoms with Crippen molar-refractivity contribution in [3.63, 3.8) is 0 Å². The summed E-state index contributed by atoms with van der Waals surface area (Å²) < 4.78 is 60.9. The van der Waals surface area contributed by atoms with Crippen LogP contribution in [-0.2, 0) is 17.2 Å². The Bertz CT molecular complexity index is 356. The fourth-order valence-electron chi connectivity index (χ4n) is 0.297. The van der Waals surface area contributed by atoms with Crippen LogP contribution < -0.4 is 4.57 Å². The zero-order chi connectivity index (χ0) is 11.4. The fraction of sp³-hybridized carbons (Fsp3) is 0.400. The maximum atomic E-state index is 10.7. The van der Waals surface area contributed by atoms with Crippen LogP contribution in [0.5, 0.6) is 0 Å². The molecule has 1 heterocycles. The largest absolute Gasteiger partial charge is 0.741 e. The molecule has 4 nitrogen and oxygen atoms in total. The molecule has 0 N–H and O–H groups in total. The standard InChI is InChI=1S/C4H6NS.CHF3O3S/c1-5-2-3-6-4-5;2-1(3,4)8(5,6)7/h2-4H,1H3;(H,5,6,7)/q+1;/p-1. The van der Waals surface area contributed by atoms with Gasteiger partial charge in [-0.25, -0.2) is 8.42 Å². The van der Waals surface area contributed by atoms with E-state index in [1.54, 1.807) is 11.3 Å². The van der Waals surface area contributed by atoms with E-state index in [1.165, 1.54) is 0 Å². The van der Waals surface area contributed by atoms with Gasteiger partial charge in [0, 0.05) is 0 Å². The van der Waals surface area contributed by atoms with Crippen LogP contribution in [0.25, 0.3) is 0 Å². The maximum absolute atomic E-state index is 10.7. The lowest BCUT2D eigenvalue weighted by atomic mass is 10.9.